The van der Waals surface area contributed by atoms with Gasteiger partial charge in [-0.25, -0.2) is 0 Å². The fourth-order valence-electron chi connectivity index (χ4n) is 7.45. The van der Waals surface area contributed by atoms with Crippen molar-refractivity contribution in [1.29, 1.82) is 0 Å². The SMILES string of the molecule is c1ccc(-c2cccc(N(c3ccc4c(ccc5ccccc54)c3)c3ccc4c(ccc5cc6oc7ccccc7c6cc54)c3)c2)cc1. The molecule has 0 bridgehead atoms. The first kappa shape index (κ1) is 26.8. The van der Waals surface area contributed by atoms with E-state index in [0.29, 0.717) is 0 Å². The lowest BCUT2D eigenvalue weighted by Crippen LogP contribution is -2.10. The Morgan fingerprint density at radius 1 is 0.292 bits per heavy atom. The van der Waals surface area contributed by atoms with Crippen LogP contribution in [0.15, 0.2) is 180 Å². The van der Waals surface area contributed by atoms with E-state index in [4.69, 9.17) is 4.42 Å². The second-order valence-electron chi connectivity index (χ2n) is 12.6. The van der Waals surface area contributed by atoms with Gasteiger partial charge in [-0.15, -0.1) is 0 Å². The van der Waals surface area contributed by atoms with Crippen molar-refractivity contribution in [3.05, 3.63) is 176 Å². The van der Waals surface area contributed by atoms with Crippen LogP contribution in [0.25, 0.3) is 76.2 Å². The predicted molar refractivity (Wildman–Crippen MR) is 204 cm³/mol. The predicted octanol–water partition coefficient (Wildman–Crippen LogP) is 13.3. The summed E-state index contributed by atoms with van der Waals surface area (Å²) in [7, 11) is 0. The lowest BCUT2D eigenvalue weighted by molar-refractivity contribution is 0.669. The summed E-state index contributed by atoms with van der Waals surface area (Å²) < 4.78 is 6.21. The van der Waals surface area contributed by atoms with E-state index in [1.165, 1.54) is 54.2 Å². The minimum Gasteiger partial charge on any atom is -0.456 e. The standard InChI is InChI=1S/C46H29NO/c1-2-9-30(10-3-1)32-12-8-13-36(25-32)47(37-21-23-40-33(26-37)18-17-31-11-4-5-14-39(31)40)38-22-24-41-34(27-38)19-20-35-28-46-44(29-43(35)41)42-15-6-7-16-45(42)48-46/h1-29H. The molecule has 0 aliphatic rings. The lowest BCUT2D eigenvalue weighted by atomic mass is 9.98. The first-order chi connectivity index (χ1) is 23.8. The summed E-state index contributed by atoms with van der Waals surface area (Å²) in [6.07, 6.45) is 0. The Balaban J connectivity index is 1.17. The second kappa shape index (κ2) is 10.6. The van der Waals surface area contributed by atoms with Gasteiger partial charge in [0.2, 0.25) is 0 Å². The zero-order valence-electron chi connectivity index (χ0n) is 26.1. The maximum atomic E-state index is 6.21. The van der Waals surface area contributed by atoms with E-state index in [0.717, 1.165) is 39.0 Å². The number of para-hydroxylation sites is 1. The Hall–Kier alpha value is -6.38. The van der Waals surface area contributed by atoms with Gasteiger partial charge in [0.25, 0.3) is 0 Å². The Kier molecular flexibility index (Phi) is 5.91. The summed E-state index contributed by atoms with van der Waals surface area (Å²) in [5.74, 6) is 0. The highest BCUT2D eigenvalue weighted by Gasteiger charge is 2.17. The van der Waals surface area contributed by atoms with Gasteiger partial charge in [0, 0.05) is 27.8 Å². The number of fused-ring (bicyclic) bond motifs is 9. The molecule has 0 spiro atoms. The van der Waals surface area contributed by atoms with E-state index in [1.54, 1.807) is 0 Å². The molecule has 2 heteroatoms. The number of nitrogens with zero attached hydrogens (tertiary/aromatic N) is 1. The van der Waals surface area contributed by atoms with Gasteiger partial charge in [0.05, 0.1) is 0 Å². The van der Waals surface area contributed by atoms with Gasteiger partial charge in [-0.2, -0.15) is 0 Å². The molecule has 0 aliphatic carbocycles. The van der Waals surface area contributed by atoms with Gasteiger partial charge in [0.15, 0.2) is 0 Å². The molecule has 0 saturated carbocycles. The average molecular weight is 612 g/mol. The molecular formula is C46H29NO. The van der Waals surface area contributed by atoms with Gasteiger partial charge in [0.1, 0.15) is 11.2 Å². The van der Waals surface area contributed by atoms with Crippen LogP contribution in [-0.2, 0) is 0 Å². The van der Waals surface area contributed by atoms with Crippen molar-refractivity contribution in [1.82, 2.24) is 0 Å². The number of anilines is 3. The third-order valence-electron chi connectivity index (χ3n) is 9.77. The third-order valence-corrected chi connectivity index (χ3v) is 9.77. The summed E-state index contributed by atoms with van der Waals surface area (Å²) in [6, 6.07) is 63.5. The van der Waals surface area contributed by atoms with E-state index in [9.17, 15) is 0 Å². The zero-order valence-corrected chi connectivity index (χ0v) is 26.1. The van der Waals surface area contributed by atoms with Crippen LogP contribution in [0, 0.1) is 0 Å². The Morgan fingerprint density at radius 3 is 1.67 bits per heavy atom. The van der Waals surface area contributed by atoms with E-state index < -0.39 is 0 Å². The minimum absolute atomic E-state index is 0.922. The maximum Gasteiger partial charge on any atom is 0.136 e. The molecule has 0 atom stereocenters. The molecule has 9 aromatic carbocycles. The van der Waals surface area contributed by atoms with Crippen LogP contribution in [0.1, 0.15) is 0 Å². The Bertz CT molecular complexity index is 2850. The van der Waals surface area contributed by atoms with Crippen LogP contribution < -0.4 is 4.90 Å². The number of hydrogen-bond acceptors (Lipinski definition) is 2. The van der Waals surface area contributed by atoms with Crippen molar-refractivity contribution >= 4 is 82.1 Å². The van der Waals surface area contributed by atoms with Crippen molar-refractivity contribution in [2.24, 2.45) is 0 Å². The van der Waals surface area contributed by atoms with Gasteiger partial charge in [-0.05, 0) is 109 Å². The van der Waals surface area contributed by atoms with Crippen LogP contribution >= 0.6 is 0 Å². The van der Waals surface area contributed by atoms with Gasteiger partial charge < -0.3 is 9.32 Å². The smallest absolute Gasteiger partial charge is 0.136 e. The molecule has 0 saturated heterocycles. The van der Waals surface area contributed by atoms with E-state index >= 15 is 0 Å². The van der Waals surface area contributed by atoms with Crippen molar-refractivity contribution in [3.8, 4) is 11.1 Å². The topological polar surface area (TPSA) is 16.4 Å². The molecule has 1 aromatic heterocycles. The molecule has 2 nitrogen and oxygen atoms in total. The molecule has 1 heterocycles. The largest absolute Gasteiger partial charge is 0.456 e. The lowest BCUT2D eigenvalue weighted by Gasteiger charge is -2.27. The summed E-state index contributed by atoms with van der Waals surface area (Å²) in [5.41, 5.74) is 7.58. The molecule has 0 aliphatic heterocycles. The molecule has 0 N–H and O–H groups in total. The normalized spacial score (nSPS) is 11.8. The van der Waals surface area contributed by atoms with Crippen LogP contribution in [0.4, 0.5) is 17.1 Å². The quantitative estimate of drug-likeness (QED) is 0.184. The average Bonchev–Trinajstić information content (AvgIpc) is 3.52. The fourth-order valence-corrected chi connectivity index (χ4v) is 7.45. The first-order valence-corrected chi connectivity index (χ1v) is 16.4. The van der Waals surface area contributed by atoms with Crippen LogP contribution in [-0.4, -0.2) is 0 Å². The summed E-state index contributed by atoms with van der Waals surface area (Å²) >= 11 is 0. The van der Waals surface area contributed by atoms with E-state index in [2.05, 4.69) is 169 Å². The van der Waals surface area contributed by atoms with Crippen molar-refractivity contribution in [2.75, 3.05) is 4.90 Å². The summed E-state index contributed by atoms with van der Waals surface area (Å²) in [6.45, 7) is 0. The molecule has 0 unspecified atom stereocenters. The molecule has 48 heavy (non-hydrogen) atoms. The maximum absolute atomic E-state index is 6.21. The number of benzene rings is 9. The first-order valence-electron chi connectivity index (χ1n) is 16.4. The highest BCUT2D eigenvalue weighted by molar-refractivity contribution is 6.17. The molecule has 0 radical (unpaired) electrons. The van der Waals surface area contributed by atoms with Gasteiger partial charge in [-0.1, -0.05) is 121 Å². The van der Waals surface area contributed by atoms with Crippen molar-refractivity contribution < 1.29 is 4.42 Å². The van der Waals surface area contributed by atoms with E-state index in [1.807, 2.05) is 12.1 Å². The van der Waals surface area contributed by atoms with Crippen molar-refractivity contribution in [2.45, 2.75) is 0 Å². The third kappa shape index (κ3) is 4.27. The Labute approximate surface area is 277 Å². The second-order valence-corrected chi connectivity index (χ2v) is 12.6. The number of rotatable bonds is 4. The zero-order chi connectivity index (χ0) is 31.6. The molecule has 0 fully saturated rings. The number of hydrogen-bond donors (Lipinski definition) is 0. The minimum atomic E-state index is 0.922. The number of furan rings is 1. The summed E-state index contributed by atoms with van der Waals surface area (Å²) in [4.78, 5) is 2.39. The molecule has 0 amide bonds. The fraction of sp³-hybridized carbons (Fsp3) is 0. The highest BCUT2D eigenvalue weighted by atomic mass is 16.3. The molecule has 10 aromatic rings. The van der Waals surface area contributed by atoms with Crippen LogP contribution in [0.2, 0.25) is 0 Å². The molecular weight excluding hydrogens is 583 g/mol. The Morgan fingerprint density at radius 2 is 0.875 bits per heavy atom. The van der Waals surface area contributed by atoms with Crippen molar-refractivity contribution in [3.63, 3.8) is 0 Å². The summed E-state index contributed by atoms with van der Waals surface area (Å²) in [5, 5.41) is 12.1. The highest BCUT2D eigenvalue weighted by Crippen LogP contribution is 2.41. The molecule has 224 valence electrons. The monoisotopic (exact) mass is 611 g/mol. The molecule has 10 rings (SSSR count). The van der Waals surface area contributed by atoms with Gasteiger partial charge >= 0.3 is 0 Å². The van der Waals surface area contributed by atoms with Crippen LogP contribution in [0.3, 0.4) is 0 Å². The van der Waals surface area contributed by atoms with Crippen LogP contribution in [0.5, 0.6) is 0 Å². The van der Waals surface area contributed by atoms with Gasteiger partial charge in [-0.3, -0.25) is 0 Å². The van der Waals surface area contributed by atoms with E-state index in [-0.39, 0.29) is 0 Å².